The summed E-state index contributed by atoms with van der Waals surface area (Å²) in [5.74, 6) is -0.399. The molecule has 0 aromatic heterocycles. The monoisotopic (exact) mass is 509 g/mol. The number of alkyl halides is 2. The van der Waals surface area contributed by atoms with Gasteiger partial charge in [0, 0.05) is 0 Å². The molecule has 0 spiro atoms. The van der Waals surface area contributed by atoms with Crippen LogP contribution in [0.4, 0.5) is 0 Å². The number of hydrogen-bond acceptors (Lipinski definition) is 6. The van der Waals surface area contributed by atoms with Gasteiger partial charge in [0.2, 0.25) is 0 Å². The van der Waals surface area contributed by atoms with Gasteiger partial charge in [-0.05, 0) is 0 Å². The first-order chi connectivity index (χ1) is 9.40. The summed E-state index contributed by atoms with van der Waals surface area (Å²) in [5.41, 5.74) is 6.30. The van der Waals surface area contributed by atoms with E-state index in [0.717, 1.165) is 0 Å². The number of esters is 1. The van der Waals surface area contributed by atoms with Crippen molar-refractivity contribution in [3.63, 3.8) is 0 Å². The second-order valence-electron chi connectivity index (χ2n) is 6.11. The zero-order chi connectivity index (χ0) is 14.4. The van der Waals surface area contributed by atoms with Crippen molar-refractivity contribution in [2.24, 2.45) is 11.1 Å². The van der Waals surface area contributed by atoms with Crippen molar-refractivity contribution >= 4 is 48.9 Å². The molecule has 0 bridgehead atoms. The Labute approximate surface area is 140 Å². The van der Waals surface area contributed by atoms with E-state index >= 15 is 0 Å². The van der Waals surface area contributed by atoms with E-state index in [-0.39, 0.29) is 15.9 Å². The molecule has 2 aliphatic heterocycles. The minimum absolute atomic E-state index is 0.000663. The van der Waals surface area contributed by atoms with Gasteiger partial charge in [0.1, 0.15) is 0 Å². The summed E-state index contributed by atoms with van der Waals surface area (Å²) in [6.45, 7) is 2.90. The van der Waals surface area contributed by atoms with Crippen molar-refractivity contribution in [1.29, 1.82) is 0 Å². The van der Waals surface area contributed by atoms with Gasteiger partial charge in [0.05, 0.1) is 0 Å². The average Bonchev–Trinajstić information content (AvgIpc) is 3.24. The zero-order valence-corrected chi connectivity index (χ0v) is 15.8. The van der Waals surface area contributed by atoms with Crippen molar-refractivity contribution in [2.45, 2.75) is 46.2 Å². The number of nitrogens with two attached hydrogens (primary N) is 1. The quantitative estimate of drug-likeness (QED) is 0.0738. The average molecular weight is 509 g/mol. The molecular formula is C12H21I2N3O3. The Balaban J connectivity index is 1.38. The first-order valence-corrected chi connectivity index (χ1v) is 11.2. The van der Waals surface area contributed by atoms with Crippen LogP contribution in [0.15, 0.2) is 0 Å². The number of ether oxygens (including phenoxy) is 2. The van der Waals surface area contributed by atoms with Crippen LogP contribution in [0.5, 0.6) is 0 Å². The van der Waals surface area contributed by atoms with Crippen molar-refractivity contribution in [2.75, 3.05) is 13.4 Å². The Hall–Kier alpha value is 0.770. The molecule has 1 aliphatic carbocycles. The first-order valence-electron chi connectivity index (χ1n) is 6.88. The molecule has 0 amide bonds. The second-order valence-corrected chi connectivity index (χ2v) is 12.1. The number of carbonyl (C=O) groups is 1. The van der Waals surface area contributed by atoms with E-state index in [1.807, 2.05) is 22.6 Å². The normalized spacial score (nSPS) is 30.1. The van der Waals surface area contributed by atoms with E-state index in [1.165, 1.54) is 32.1 Å². The van der Waals surface area contributed by atoms with Gasteiger partial charge in [-0.1, -0.05) is 0 Å². The summed E-state index contributed by atoms with van der Waals surface area (Å²) >= 11 is 0.723. The van der Waals surface area contributed by atoms with Gasteiger partial charge in [-0.25, -0.2) is 0 Å². The Morgan fingerprint density at radius 2 is 2.00 bits per heavy atom. The van der Waals surface area contributed by atoms with Crippen molar-refractivity contribution in [3.05, 3.63) is 0 Å². The Bertz CT molecular complexity index is 407. The maximum absolute atomic E-state index is 12.0. The van der Waals surface area contributed by atoms with E-state index in [9.17, 15) is 4.79 Å². The van der Waals surface area contributed by atoms with Gasteiger partial charge in [0.25, 0.3) is 0 Å². The van der Waals surface area contributed by atoms with E-state index < -0.39 is 29.9 Å². The molecular weight excluding hydrogens is 488 g/mol. The van der Waals surface area contributed by atoms with Gasteiger partial charge in [-0.3, -0.25) is 0 Å². The summed E-state index contributed by atoms with van der Waals surface area (Å²) in [5, 5.41) is 0. The molecule has 0 aromatic rings. The number of hydrogen-bond donors (Lipinski definition) is 3. The molecule has 3 aliphatic rings. The fourth-order valence-corrected chi connectivity index (χ4v) is 10.0. The molecule has 6 nitrogen and oxygen atoms in total. The first kappa shape index (κ1) is 15.7. The molecule has 0 radical (unpaired) electrons. The molecule has 1 saturated carbocycles. The van der Waals surface area contributed by atoms with E-state index in [2.05, 4.69) is 14.0 Å². The number of carbonyl (C=O) groups excluding carboxylic acids is 1. The van der Waals surface area contributed by atoms with Gasteiger partial charge in [-0.15, -0.1) is 0 Å². The Morgan fingerprint density at radius 3 is 2.55 bits per heavy atom. The van der Waals surface area contributed by atoms with Crippen molar-refractivity contribution < 1.29 is 14.3 Å². The van der Waals surface area contributed by atoms with Crippen LogP contribution < -0.4 is 12.8 Å². The third kappa shape index (κ3) is 2.83. The van der Waals surface area contributed by atoms with Crippen LogP contribution in [0, 0.1) is 5.41 Å². The predicted molar refractivity (Wildman–Crippen MR) is 92.1 cm³/mol. The van der Waals surface area contributed by atoms with E-state index in [4.69, 9.17) is 15.2 Å². The molecule has 20 heavy (non-hydrogen) atoms. The summed E-state index contributed by atoms with van der Waals surface area (Å²) < 4.78 is 15.9. The molecule has 116 valence electrons. The SMILES string of the molecule is CC1(COCOC(=O)C(N)(I)C23NI2N3)CCCCC1. The van der Waals surface area contributed by atoms with Crippen molar-refractivity contribution in [1.82, 2.24) is 7.06 Å². The molecule has 1 atom stereocenters. The number of nitrogens with one attached hydrogen (secondary N) is 2. The zero-order valence-electron chi connectivity index (χ0n) is 11.5. The molecule has 2 heterocycles. The van der Waals surface area contributed by atoms with Gasteiger partial charge >= 0.3 is 141 Å². The van der Waals surface area contributed by atoms with Crippen LogP contribution in [0.1, 0.15) is 39.0 Å². The van der Waals surface area contributed by atoms with Crippen LogP contribution in [0.25, 0.3) is 0 Å². The second kappa shape index (κ2) is 5.44. The molecule has 1 unspecified atom stereocenters. The van der Waals surface area contributed by atoms with Crippen LogP contribution in [0.2, 0.25) is 0 Å². The van der Waals surface area contributed by atoms with Gasteiger partial charge in [0.15, 0.2) is 0 Å². The van der Waals surface area contributed by atoms with Crippen LogP contribution in [0.3, 0.4) is 0 Å². The topological polar surface area (TPSA) is 105 Å². The molecule has 3 rings (SSSR count). The maximum atomic E-state index is 12.0. The fourth-order valence-electron chi connectivity index (χ4n) is 2.68. The molecule has 0 aromatic carbocycles. The standard InChI is InChI=1S/C12H21I2N3O3/c1-10(5-3-2-4-6-10)7-19-8-20-9(18)11(13,15)12-14(16-12)17-12/h16-17H,2-8,15H2,1H3. The van der Waals surface area contributed by atoms with E-state index in [0.29, 0.717) is 6.61 Å². The molecule has 2 saturated heterocycles. The summed E-state index contributed by atoms with van der Waals surface area (Å²) in [6, 6.07) is 0. The third-order valence-electron chi connectivity index (χ3n) is 4.24. The van der Waals surface area contributed by atoms with Crippen LogP contribution in [-0.4, -0.2) is 26.6 Å². The number of rotatable bonds is 6. The Kier molecular flexibility index (Phi) is 4.26. The van der Waals surface area contributed by atoms with Crippen molar-refractivity contribution in [3.8, 4) is 0 Å². The summed E-state index contributed by atoms with van der Waals surface area (Å²) in [4.78, 5) is 12.0. The fraction of sp³-hybridized carbons (Fsp3) is 0.917. The Morgan fingerprint density at radius 1 is 1.40 bits per heavy atom. The predicted octanol–water partition coefficient (Wildman–Crippen LogP) is 1.76. The summed E-state index contributed by atoms with van der Waals surface area (Å²) in [6.07, 6.45) is 6.25. The van der Waals surface area contributed by atoms with Gasteiger partial charge in [-0.2, -0.15) is 0 Å². The third-order valence-corrected chi connectivity index (χ3v) is 11.2. The minimum atomic E-state index is -1.25. The number of fused-ring (bicyclic) bond motifs is 1. The van der Waals surface area contributed by atoms with Crippen LogP contribution >= 0.6 is 43.0 Å². The van der Waals surface area contributed by atoms with E-state index in [1.54, 1.807) is 0 Å². The molecule has 3 fully saturated rings. The number of halogens is 2. The van der Waals surface area contributed by atoms with Crippen LogP contribution in [-0.2, 0) is 14.3 Å². The molecule has 8 heteroatoms. The summed E-state index contributed by atoms with van der Waals surface area (Å²) in [7, 11) is 0. The molecule has 4 N–H and O–H groups in total. The van der Waals surface area contributed by atoms with Gasteiger partial charge < -0.3 is 0 Å².